The summed E-state index contributed by atoms with van der Waals surface area (Å²) in [6.45, 7) is 6.28. The number of anilines is 1. The first-order valence-electron chi connectivity index (χ1n) is 6.63. The van der Waals surface area contributed by atoms with Crippen molar-refractivity contribution in [2.45, 2.75) is 32.2 Å². The monoisotopic (exact) mass is 248 g/mol. The minimum atomic E-state index is 0.0185. The molecule has 18 heavy (non-hydrogen) atoms. The SMILES string of the molecule is CCOc1cc(N2CC(N)(C3CC3)C2)nc(C)n1. The van der Waals surface area contributed by atoms with Crippen LogP contribution in [0.15, 0.2) is 6.07 Å². The Labute approximate surface area is 107 Å². The van der Waals surface area contributed by atoms with Crippen molar-refractivity contribution in [1.29, 1.82) is 0 Å². The first-order valence-corrected chi connectivity index (χ1v) is 6.63. The summed E-state index contributed by atoms with van der Waals surface area (Å²) in [5.74, 6) is 3.06. The van der Waals surface area contributed by atoms with Gasteiger partial charge in [0.05, 0.1) is 12.1 Å². The van der Waals surface area contributed by atoms with Crippen LogP contribution in [0.4, 0.5) is 5.82 Å². The van der Waals surface area contributed by atoms with Crippen LogP contribution in [0.3, 0.4) is 0 Å². The third-order valence-corrected chi connectivity index (χ3v) is 3.78. The van der Waals surface area contributed by atoms with Crippen LogP contribution in [0.1, 0.15) is 25.6 Å². The maximum Gasteiger partial charge on any atom is 0.218 e. The highest BCUT2D eigenvalue weighted by Gasteiger charge is 2.50. The van der Waals surface area contributed by atoms with Crippen molar-refractivity contribution in [3.05, 3.63) is 11.9 Å². The topological polar surface area (TPSA) is 64.3 Å². The molecular weight excluding hydrogens is 228 g/mol. The molecule has 0 spiro atoms. The highest BCUT2D eigenvalue weighted by molar-refractivity contribution is 5.47. The summed E-state index contributed by atoms with van der Waals surface area (Å²) < 4.78 is 5.45. The van der Waals surface area contributed by atoms with Crippen molar-refractivity contribution < 1.29 is 4.74 Å². The van der Waals surface area contributed by atoms with Gasteiger partial charge < -0.3 is 15.4 Å². The number of nitrogens with zero attached hydrogens (tertiary/aromatic N) is 3. The van der Waals surface area contributed by atoms with E-state index in [1.54, 1.807) is 0 Å². The zero-order valence-electron chi connectivity index (χ0n) is 11.0. The van der Waals surface area contributed by atoms with Crippen LogP contribution >= 0.6 is 0 Å². The third kappa shape index (κ3) is 2.03. The zero-order valence-corrected chi connectivity index (χ0v) is 11.0. The van der Waals surface area contributed by atoms with Gasteiger partial charge in [0.2, 0.25) is 5.88 Å². The molecule has 5 heteroatoms. The van der Waals surface area contributed by atoms with Crippen LogP contribution in [0, 0.1) is 12.8 Å². The number of hydrogen-bond acceptors (Lipinski definition) is 5. The molecule has 5 nitrogen and oxygen atoms in total. The smallest absolute Gasteiger partial charge is 0.218 e. The zero-order chi connectivity index (χ0) is 12.8. The Bertz CT molecular complexity index is 452. The molecule has 1 aromatic rings. The summed E-state index contributed by atoms with van der Waals surface area (Å²) in [6, 6.07) is 1.91. The van der Waals surface area contributed by atoms with Gasteiger partial charge in [0.1, 0.15) is 11.6 Å². The Morgan fingerprint density at radius 3 is 2.78 bits per heavy atom. The van der Waals surface area contributed by atoms with Gasteiger partial charge in [-0.1, -0.05) is 0 Å². The minimum absolute atomic E-state index is 0.0185. The lowest BCUT2D eigenvalue weighted by Gasteiger charge is -2.49. The lowest BCUT2D eigenvalue weighted by molar-refractivity contribution is 0.287. The standard InChI is InChI=1S/C13H20N4O/c1-3-18-12-6-11(15-9(2)16-12)17-7-13(14,8-17)10-4-5-10/h6,10H,3-5,7-8,14H2,1-2H3. The van der Waals surface area contributed by atoms with Gasteiger partial charge in [-0.3, -0.25) is 0 Å². The molecule has 1 saturated carbocycles. The van der Waals surface area contributed by atoms with Gasteiger partial charge >= 0.3 is 0 Å². The third-order valence-electron chi connectivity index (χ3n) is 3.78. The number of aryl methyl sites for hydroxylation is 1. The van der Waals surface area contributed by atoms with E-state index in [-0.39, 0.29) is 5.54 Å². The maximum atomic E-state index is 6.35. The Balaban J connectivity index is 1.73. The molecule has 0 atom stereocenters. The summed E-state index contributed by atoms with van der Waals surface area (Å²) in [7, 11) is 0. The van der Waals surface area contributed by atoms with E-state index in [9.17, 15) is 0 Å². The van der Waals surface area contributed by atoms with Gasteiger partial charge in [-0.25, -0.2) is 4.98 Å². The molecule has 3 rings (SSSR count). The number of hydrogen-bond donors (Lipinski definition) is 1. The van der Waals surface area contributed by atoms with E-state index in [0.29, 0.717) is 12.5 Å². The van der Waals surface area contributed by atoms with Gasteiger partial charge in [0, 0.05) is 19.2 Å². The predicted octanol–water partition coefficient (Wildman–Crippen LogP) is 1.11. The first-order chi connectivity index (χ1) is 8.60. The first kappa shape index (κ1) is 11.7. The average Bonchev–Trinajstić information content (AvgIpc) is 3.08. The average molecular weight is 248 g/mol. The summed E-state index contributed by atoms with van der Waals surface area (Å²) >= 11 is 0. The van der Waals surface area contributed by atoms with E-state index in [1.807, 2.05) is 19.9 Å². The molecule has 0 unspecified atom stereocenters. The summed E-state index contributed by atoms with van der Waals surface area (Å²) in [5, 5.41) is 0. The van der Waals surface area contributed by atoms with E-state index < -0.39 is 0 Å². The second kappa shape index (κ2) is 4.09. The van der Waals surface area contributed by atoms with Gasteiger partial charge in [-0.05, 0) is 32.6 Å². The molecule has 0 radical (unpaired) electrons. The molecule has 2 fully saturated rings. The van der Waals surface area contributed by atoms with E-state index in [2.05, 4.69) is 14.9 Å². The van der Waals surface area contributed by atoms with E-state index in [0.717, 1.165) is 30.6 Å². The Morgan fingerprint density at radius 2 is 2.17 bits per heavy atom. The van der Waals surface area contributed by atoms with E-state index >= 15 is 0 Å². The minimum Gasteiger partial charge on any atom is -0.478 e. The fraction of sp³-hybridized carbons (Fsp3) is 0.692. The molecule has 0 amide bonds. The molecule has 0 aromatic carbocycles. The van der Waals surface area contributed by atoms with Crippen LogP contribution in [0.2, 0.25) is 0 Å². The Morgan fingerprint density at radius 1 is 1.44 bits per heavy atom. The van der Waals surface area contributed by atoms with Crippen LogP contribution in [0.5, 0.6) is 5.88 Å². The normalized spacial score (nSPS) is 21.6. The van der Waals surface area contributed by atoms with Gasteiger partial charge in [0.25, 0.3) is 0 Å². The van der Waals surface area contributed by atoms with Crippen molar-refractivity contribution >= 4 is 5.82 Å². The van der Waals surface area contributed by atoms with Gasteiger partial charge in [0.15, 0.2) is 0 Å². The summed E-state index contributed by atoms with van der Waals surface area (Å²) in [6.07, 6.45) is 2.58. The van der Waals surface area contributed by atoms with Crippen LogP contribution in [0.25, 0.3) is 0 Å². The Hall–Kier alpha value is -1.36. The number of nitrogens with two attached hydrogens (primary N) is 1. The van der Waals surface area contributed by atoms with Crippen LogP contribution < -0.4 is 15.4 Å². The van der Waals surface area contributed by atoms with E-state index in [1.165, 1.54) is 12.8 Å². The lowest BCUT2D eigenvalue weighted by atomic mass is 9.86. The number of aromatic nitrogens is 2. The fourth-order valence-electron chi connectivity index (χ4n) is 2.65. The second-order valence-electron chi connectivity index (χ2n) is 5.41. The highest BCUT2D eigenvalue weighted by Crippen LogP contribution is 2.44. The van der Waals surface area contributed by atoms with Crippen LogP contribution in [-0.4, -0.2) is 35.2 Å². The van der Waals surface area contributed by atoms with E-state index in [4.69, 9.17) is 10.5 Å². The lowest BCUT2D eigenvalue weighted by Crippen LogP contribution is -2.69. The predicted molar refractivity (Wildman–Crippen MR) is 69.8 cm³/mol. The maximum absolute atomic E-state index is 6.35. The van der Waals surface area contributed by atoms with Crippen molar-refractivity contribution in [1.82, 2.24) is 9.97 Å². The number of ether oxygens (including phenoxy) is 1. The molecule has 0 bridgehead atoms. The van der Waals surface area contributed by atoms with Gasteiger partial charge in [-0.15, -0.1) is 0 Å². The second-order valence-corrected chi connectivity index (χ2v) is 5.41. The largest absolute Gasteiger partial charge is 0.478 e. The summed E-state index contributed by atoms with van der Waals surface area (Å²) in [5.41, 5.74) is 6.37. The Kier molecular flexibility index (Phi) is 2.66. The highest BCUT2D eigenvalue weighted by atomic mass is 16.5. The quantitative estimate of drug-likeness (QED) is 0.864. The molecule has 1 aromatic heterocycles. The van der Waals surface area contributed by atoms with Gasteiger partial charge in [-0.2, -0.15) is 4.98 Å². The number of rotatable bonds is 4. The van der Waals surface area contributed by atoms with Crippen molar-refractivity contribution in [2.24, 2.45) is 11.7 Å². The molecule has 2 heterocycles. The molecular formula is C13H20N4O. The molecule has 98 valence electrons. The van der Waals surface area contributed by atoms with Crippen molar-refractivity contribution in [2.75, 3.05) is 24.6 Å². The van der Waals surface area contributed by atoms with Crippen LogP contribution in [-0.2, 0) is 0 Å². The molecule has 2 N–H and O–H groups in total. The molecule has 1 saturated heterocycles. The summed E-state index contributed by atoms with van der Waals surface area (Å²) in [4.78, 5) is 10.9. The molecule has 2 aliphatic rings. The molecule has 1 aliphatic carbocycles. The van der Waals surface area contributed by atoms with Crippen molar-refractivity contribution in [3.63, 3.8) is 0 Å². The fourth-order valence-corrected chi connectivity index (χ4v) is 2.65. The molecule has 1 aliphatic heterocycles. The van der Waals surface area contributed by atoms with Crippen molar-refractivity contribution in [3.8, 4) is 5.88 Å².